The van der Waals surface area contributed by atoms with Gasteiger partial charge in [-0.3, -0.25) is 4.79 Å². The molecule has 114 valence electrons. The lowest BCUT2D eigenvalue weighted by atomic mass is 9.99. The van der Waals surface area contributed by atoms with Crippen molar-refractivity contribution in [2.75, 3.05) is 13.1 Å². The number of nitrogens with zero attached hydrogens (tertiary/aromatic N) is 1. The fourth-order valence-electron chi connectivity index (χ4n) is 2.30. The molecule has 2 N–H and O–H groups in total. The van der Waals surface area contributed by atoms with Crippen LogP contribution in [0.15, 0.2) is 28.2 Å². The van der Waals surface area contributed by atoms with Crippen LogP contribution < -0.4 is 10.6 Å². The SMILES string of the molecule is Cl.O=C(NCc1csc(-c2ccco2)n1)C1CCCNC1. The summed E-state index contributed by atoms with van der Waals surface area (Å²) in [6.45, 7) is 2.27. The fraction of sp³-hybridized carbons (Fsp3) is 0.429. The maximum Gasteiger partial charge on any atom is 0.224 e. The van der Waals surface area contributed by atoms with Gasteiger partial charge in [-0.25, -0.2) is 4.98 Å². The lowest BCUT2D eigenvalue weighted by Gasteiger charge is -2.21. The van der Waals surface area contributed by atoms with Crippen LogP contribution in [0.3, 0.4) is 0 Å². The van der Waals surface area contributed by atoms with Crippen LogP contribution in [0.5, 0.6) is 0 Å². The van der Waals surface area contributed by atoms with Gasteiger partial charge in [0, 0.05) is 11.9 Å². The average Bonchev–Trinajstić information content (AvgIpc) is 3.16. The average molecular weight is 328 g/mol. The van der Waals surface area contributed by atoms with E-state index in [0.717, 1.165) is 42.4 Å². The minimum atomic E-state index is 0. The van der Waals surface area contributed by atoms with E-state index in [1.165, 1.54) is 11.3 Å². The Morgan fingerprint density at radius 3 is 3.19 bits per heavy atom. The van der Waals surface area contributed by atoms with Crippen LogP contribution in [0.2, 0.25) is 0 Å². The Bertz CT molecular complexity index is 565. The Kier molecular flexibility index (Phi) is 5.78. The van der Waals surface area contributed by atoms with Gasteiger partial charge < -0.3 is 15.1 Å². The summed E-state index contributed by atoms with van der Waals surface area (Å²) in [5.41, 5.74) is 0.874. The zero-order chi connectivity index (χ0) is 13.8. The molecular weight excluding hydrogens is 310 g/mol. The predicted octanol–water partition coefficient (Wildman–Crippen LogP) is 2.44. The van der Waals surface area contributed by atoms with Crippen LogP contribution in [0.4, 0.5) is 0 Å². The maximum absolute atomic E-state index is 12.0. The Balaban J connectivity index is 0.00000161. The van der Waals surface area contributed by atoms with Crippen molar-refractivity contribution >= 4 is 29.7 Å². The van der Waals surface area contributed by atoms with Gasteiger partial charge in [0.2, 0.25) is 5.91 Å². The molecule has 3 rings (SSSR count). The molecule has 1 amide bonds. The third-order valence-electron chi connectivity index (χ3n) is 3.40. The number of piperidine rings is 1. The topological polar surface area (TPSA) is 67.2 Å². The first kappa shape index (κ1) is 16.0. The first-order valence-electron chi connectivity index (χ1n) is 6.79. The largest absolute Gasteiger partial charge is 0.462 e. The van der Waals surface area contributed by atoms with Crippen LogP contribution in [0.25, 0.3) is 10.8 Å². The van der Waals surface area contributed by atoms with E-state index in [9.17, 15) is 4.79 Å². The lowest BCUT2D eigenvalue weighted by molar-refractivity contribution is -0.125. The Hall–Kier alpha value is -1.37. The van der Waals surface area contributed by atoms with E-state index < -0.39 is 0 Å². The van der Waals surface area contributed by atoms with Crippen LogP contribution in [-0.4, -0.2) is 24.0 Å². The van der Waals surface area contributed by atoms with Crippen molar-refractivity contribution in [2.45, 2.75) is 19.4 Å². The molecule has 1 saturated heterocycles. The summed E-state index contributed by atoms with van der Waals surface area (Å²) < 4.78 is 5.31. The number of amides is 1. The van der Waals surface area contributed by atoms with Crippen LogP contribution >= 0.6 is 23.7 Å². The summed E-state index contributed by atoms with van der Waals surface area (Å²) in [7, 11) is 0. The van der Waals surface area contributed by atoms with Gasteiger partial charge in [-0.2, -0.15) is 0 Å². The van der Waals surface area contributed by atoms with Crippen LogP contribution in [0.1, 0.15) is 18.5 Å². The molecule has 3 heterocycles. The van der Waals surface area contributed by atoms with E-state index in [0.29, 0.717) is 6.54 Å². The van der Waals surface area contributed by atoms with Gasteiger partial charge in [0.1, 0.15) is 0 Å². The number of thiazole rings is 1. The summed E-state index contributed by atoms with van der Waals surface area (Å²) in [4.78, 5) is 16.5. The van der Waals surface area contributed by atoms with Crippen molar-refractivity contribution in [1.29, 1.82) is 0 Å². The third kappa shape index (κ3) is 4.06. The quantitative estimate of drug-likeness (QED) is 0.905. The molecule has 1 unspecified atom stereocenters. The standard InChI is InChI=1S/C14H17N3O2S.ClH/c18-13(10-3-1-5-15-7-10)16-8-11-9-20-14(17-11)12-4-2-6-19-12;/h2,4,6,9-10,15H,1,3,5,7-8H2,(H,16,18);1H. The minimum absolute atomic E-state index is 0. The molecule has 21 heavy (non-hydrogen) atoms. The Labute approximate surface area is 133 Å². The van der Waals surface area contributed by atoms with Gasteiger partial charge in [0.05, 0.1) is 24.4 Å². The van der Waals surface area contributed by atoms with Gasteiger partial charge >= 0.3 is 0 Å². The molecule has 0 saturated carbocycles. The third-order valence-corrected chi connectivity index (χ3v) is 4.30. The summed E-state index contributed by atoms with van der Waals surface area (Å²) in [5.74, 6) is 0.973. The zero-order valence-corrected chi connectivity index (χ0v) is 13.1. The van der Waals surface area contributed by atoms with E-state index in [-0.39, 0.29) is 24.2 Å². The molecule has 5 nitrogen and oxygen atoms in total. The highest BCUT2D eigenvalue weighted by Crippen LogP contribution is 2.23. The highest BCUT2D eigenvalue weighted by Gasteiger charge is 2.20. The first-order valence-corrected chi connectivity index (χ1v) is 7.67. The summed E-state index contributed by atoms with van der Waals surface area (Å²) in [6, 6.07) is 3.73. The van der Waals surface area contributed by atoms with E-state index in [1.807, 2.05) is 17.5 Å². The highest BCUT2D eigenvalue weighted by molar-refractivity contribution is 7.13. The number of rotatable bonds is 4. The van der Waals surface area contributed by atoms with Crippen molar-refractivity contribution in [3.63, 3.8) is 0 Å². The number of furan rings is 1. The van der Waals surface area contributed by atoms with E-state index >= 15 is 0 Å². The molecule has 0 spiro atoms. The van der Waals surface area contributed by atoms with Gasteiger partial charge in [0.25, 0.3) is 0 Å². The summed E-state index contributed by atoms with van der Waals surface area (Å²) >= 11 is 1.53. The van der Waals surface area contributed by atoms with Crippen molar-refractivity contribution in [3.05, 3.63) is 29.5 Å². The monoisotopic (exact) mass is 327 g/mol. The number of halogens is 1. The van der Waals surface area contributed by atoms with Crippen molar-refractivity contribution < 1.29 is 9.21 Å². The van der Waals surface area contributed by atoms with E-state index in [2.05, 4.69) is 15.6 Å². The van der Waals surface area contributed by atoms with Crippen LogP contribution in [0, 0.1) is 5.92 Å². The first-order chi connectivity index (χ1) is 9.83. The Morgan fingerprint density at radius 2 is 2.48 bits per heavy atom. The molecule has 1 aliphatic heterocycles. The summed E-state index contributed by atoms with van der Waals surface area (Å²) in [5, 5.41) is 9.01. The number of aromatic nitrogens is 1. The van der Waals surface area contributed by atoms with Crippen molar-refractivity contribution in [3.8, 4) is 10.8 Å². The molecule has 1 aliphatic rings. The van der Waals surface area contributed by atoms with E-state index in [4.69, 9.17) is 4.42 Å². The number of hydrogen-bond acceptors (Lipinski definition) is 5. The van der Waals surface area contributed by atoms with Crippen molar-refractivity contribution in [2.24, 2.45) is 5.92 Å². The smallest absolute Gasteiger partial charge is 0.224 e. The molecule has 7 heteroatoms. The summed E-state index contributed by atoms with van der Waals surface area (Å²) in [6.07, 6.45) is 3.67. The molecule has 1 atom stereocenters. The van der Waals surface area contributed by atoms with Gasteiger partial charge in [-0.1, -0.05) is 0 Å². The molecule has 0 aromatic carbocycles. The molecule has 0 radical (unpaired) electrons. The molecule has 2 aromatic rings. The maximum atomic E-state index is 12.0. The van der Waals surface area contributed by atoms with Crippen LogP contribution in [-0.2, 0) is 11.3 Å². The second kappa shape index (κ2) is 7.59. The number of nitrogens with one attached hydrogen (secondary N) is 2. The van der Waals surface area contributed by atoms with E-state index in [1.54, 1.807) is 6.26 Å². The van der Waals surface area contributed by atoms with Gasteiger partial charge in [-0.05, 0) is 31.5 Å². The highest BCUT2D eigenvalue weighted by atomic mass is 35.5. The predicted molar refractivity (Wildman–Crippen MR) is 84.5 cm³/mol. The number of hydrogen-bond donors (Lipinski definition) is 2. The molecule has 2 aromatic heterocycles. The molecule has 0 bridgehead atoms. The zero-order valence-electron chi connectivity index (χ0n) is 11.5. The molecular formula is C14H18ClN3O2S. The lowest BCUT2D eigenvalue weighted by Crippen LogP contribution is -2.40. The fourth-order valence-corrected chi connectivity index (χ4v) is 3.09. The van der Waals surface area contributed by atoms with Gasteiger partial charge in [0.15, 0.2) is 10.8 Å². The Morgan fingerprint density at radius 1 is 1.57 bits per heavy atom. The number of carbonyl (C=O) groups excluding carboxylic acids is 1. The molecule has 1 fully saturated rings. The molecule has 0 aliphatic carbocycles. The number of carbonyl (C=O) groups is 1. The second-order valence-electron chi connectivity index (χ2n) is 4.88. The van der Waals surface area contributed by atoms with Gasteiger partial charge in [-0.15, -0.1) is 23.7 Å². The normalized spacial score (nSPS) is 18.0. The van der Waals surface area contributed by atoms with Crippen molar-refractivity contribution in [1.82, 2.24) is 15.6 Å². The second-order valence-corrected chi connectivity index (χ2v) is 5.74. The minimum Gasteiger partial charge on any atom is -0.462 e.